The molecule has 1 aromatic rings. The van der Waals surface area contributed by atoms with Crippen molar-refractivity contribution in [1.82, 2.24) is 9.88 Å². The molecule has 1 fully saturated rings. The Morgan fingerprint density at radius 2 is 2.37 bits per heavy atom. The molecule has 1 amide bonds. The number of amides is 1. The Balaban J connectivity index is 2.02. The quantitative estimate of drug-likeness (QED) is 0.727. The molecule has 0 bridgehead atoms. The average Bonchev–Trinajstić information content (AvgIpc) is 3.02. The summed E-state index contributed by atoms with van der Waals surface area (Å²) in [7, 11) is 1.71. The molecule has 0 unspecified atom stereocenters. The van der Waals surface area contributed by atoms with Crippen LogP contribution >= 0.6 is 22.9 Å². The number of nitrogens with zero attached hydrogens (tertiary/aromatic N) is 2. The fraction of sp³-hybridized carbons (Fsp3) is 0.692. The number of hydrogen-bond acceptors (Lipinski definition) is 4. The predicted molar refractivity (Wildman–Crippen MR) is 76.5 cm³/mol. The van der Waals surface area contributed by atoms with E-state index in [0.29, 0.717) is 19.7 Å². The van der Waals surface area contributed by atoms with Crippen LogP contribution in [0, 0.1) is 12.3 Å². The normalized spacial score (nSPS) is 16.4. The first-order valence-corrected chi connectivity index (χ1v) is 7.68. The van der Waals surface area contributed by atoms with E-state index in [2.05, 4.69) is 4.98 Å². The Morgan fingerprint density at radius 3 is 2.84 bits per heavy atom. The summed E-state index contributed by atoms with van der Waals surface area (Å²) in [6.07, 6.45) is 4.07. The van der Waals surface area contributed by atoms with Crippen molar-refractivity contribution in [3.05, 3.63) is 16.1 Å². The van der Waals surface area contributed by atoms with Crippen molar-refractivity contribution >= 4 is 28.8 Å². The number of methoxy groups -OCH3 is 1. The third kappa shape index (κ3) is 3.91. The Labute approximate surface area is 122 Å². The molecule has 1 aliphatic carbocycles. The van der Waals surface area contributed by atoms with Crippen LogP contribution in [0.3, 0.4) is 0 Å². The molecule has 4 nitrogen and oxygen atoms in total. The molecule has 2 rings (SSSR count). The summed E-state index contributed by atoms with van der Waals surface area (Å²) in [6, 6.07) is 0. The first-order chi connectivity index (χ1) is 9.08. The highest BCUT2D eigenvalue weighted by atomic mass is 35.5. The molecule has 19 heavy (non-hydrogen) atoms. The van der Waals surface area contributed by atoms with Crippen LogP contribution in [0.2, 0.25) is 0 Å². The molecule has 0 N–H and O–H groups in total. The second-order valence-electron chi connectivity index (χ2n) is 5.18. The average molecular weight is 303 g/mol. The predicted octanol–water partition coefficient (Wildman–Crippen LogP) is 2.45. The van der Waals surface area contributed by atoms with Gasteiger partial charge >= 0.3 is 0 Å². The van der Waals surface area contributed by atoms with E-state index in [4.69, 9.17) is 16.3 Å². The molecular weight excluding hydrogens is 284 g/mol. The van der Waals surface area contributed by atoms with E-state index >= 15 is 0 Å². The number of thiazole rings is 1. The van der Waals surface area contributed by atoms with E-state index < -0.39 is 0 Å². The number of rotatable bonds is 7. The maximum Gasteiger partial charge on any atom is 0.237 e. The number of ether oxygens (including phenoxy) is 1. The standard InChI is InChI=1S/C13H19ClN2O2S/c1-10-6-15-11(19-10)7-16(12(17)5-14)8-13(3-4-13)9-18-2/h6H,3-5,7-9H2,1-2H3. The molecule has 1 saturated carbocycles. The van der Waals surface area contributed by atoms with E-state index in [-0.39, 0.29) is 17.2 Å². The number of hydrogen-bond donors (Lipinski definition) is 0. The van der Waals surface area contributed by atoms with Gasteiger partial charge in [-0.15, -0.1) is 22.9 Å². The summed E-state index contributed by atoms with van der Waals surface area (Å²) in [4.78, 5) is 19.3. The Hall–Kier alpha value is -0.650. The highest BCUT2D eigenvalue weighted by Crippen LogP contribution is 2.46. The van der Waals surface area contributed by atoms with E-state index in [9.17, 15) is 4.79 Å². The number of aromatic nitrogens is 1. The van der Waals surface area contributed by atoms with Gasteiger partial charge in [0.05, 0.1) is 13.2 Å². The number of halogens is 1. The van der Waals surface area contributed by atoms with Gasteiger partial charge in [0.15, 0.2) is 0 Å². The lowest BCUT2D eigenvalue weighted by atomic mass is 10.1. The Kier molecular flexibility index (Phi) is 4.81. The minimum absolute atomic E-state index is 0.0212. The molecule has 1 aromatic heterocycles. The maximum atomic E-state index is 12.0. The molecule has 0 aromatic carbocycles. The lowest BCUT2D eigenvalue weighted by molar-refractivity contribution is -0.130. The molecule has 0 radical (unpaired) electrons. The first-order valence-electron chi connectivity index (χ1n) is 6.32. The summed E-state index contributed by atoms with van der Waals surface area (Å²) in [5, 5.41) is 0.962. The van der Waals surface area contributed by atoms with Crippen LogP contribution in [0.4, 0.5) is 0 Å². The topological polar surface area (TPSA) is 42.4 Å². The SMILES string of the molecule is COCC1(CN(Cc2ncc(C)s2)C(=O)CCl)CC1. The van der Waals surface area contributed by atoms with Gasteiger partial charge < -0.3 is 9.64 Å². The second-order valence-corrected chi connectivity index (χ2v) is 6.77. The van der Waals surface area contributed by atoms with Gasteiger partial charge in [0.25, 0.3) is 0 Å². The molecule has 1 heterocycles. The zero-order valence-electron chi connectivity index (χ0n) is 11.3. The smallest absolute Gasteiger partial charge is 0.237 e. The van der Waals surface area contributed by atoms with Crippen LogP contribution in [0.5, 0.6) is 0 Å². The summed E-state index contributed by atoms with van der Waals surface area (Å²) < 4.78 is 5.25. The largest absolute Gasteiger partial charge is 0.384 e. The zero-order valence-corrected chi connectivity index (χ0v) is 12.9. The first kappa shape index (κ1) is 14.8. The van der Waals surface area contributed by atoms with E-state index in [1.54, 1.807) is 18.4 Å². The fourth-order valence-electron chi connectivity index (χ4n) is 2.19. The molecular formula is C13H19ClN2O2S. The van der Waals surface area contributed by atoms with Crippen molar-refractivity contribution in [2.75, 3.05) is 26.1 Å². The number of aryl methyl sites for hydroxylation is 1. The molecule has 0 spiro atoms. The van der Waals surface area contributed by atoms with E-state index in [1.807, 2.05) is 18.0 Å². The van der Waals surface area contributed by atoms with Gasteiger partial charge in [-0.1, -0.05) is 0 Å². The van der Waals surface area contributed by atoms with Crippen molar-refractivity contribution < 1.29 is 9.53 Å². The Bertz CT molecular complexity index is 446. The van der Waals surface area contributed by atoms with Crippen molar-refractivity contribution in [2.45, 2.75) is 26.3 Å². The van der Waals surface area contributed by atoms with Crippen LogP contribution in [0.15, 0.2) is 6.20 Å². The summed E-state index contributed by atoms with van der Waals surface area (Å²) in [5.74, 6) is -0.00940. The van der Waals surface area contributed by atoms with Crippen LogP contribution < -0.4 is 0 Å². The number of alkyl halides is 1. The van der Waals surface area contributed by atoms with E-state index in [1.165, 1.54) is 0 Å². The van der Waals surface area contributed by atoms with Crippen LogP contribution in [-0.2, 0) is 16.1 Å². The lowest BCUT2D eigenvalue weighted by Gasteiger charge is -2.26. The molecule has 106 valence electrons. The monoisotopic (exact) mass is 302 g/mol. The van der Waals surface area contributed by atoms with Crippen molar-refractivity contribution in [2.24, 2.45) is 5.41 Å². The van der Waals surface area contributed by atoms with Crippen LogP contribution in [0.1, 0.15) is 22.7 Å². The van der Waals surface area contributed by atoms with Gasteiger partial charge in [0.1, 0.15) is 10.9 Å². The van der Waals surface area contributed by atoms with Gasteiger partial charge in [-0.2, -0.15) is 0 Å². The number of carbonyl (C=O) groups excluding carboxylic acids is 1. The Morgan fingerprint density at radius 1 is 1.63 bits per heavy atom. The maximum absolute atomic E-state index is 12.0. The molecule has 1 aliphatic rings. The highest BCUT2D eigenvalue weighted by Gasteiger charge is 2.44. The van der Waals surface area contributed by atoms with E-state index in [0.717, 1.165) is 22.7 Å². The van der Waals surface area contributed by atoms with Gasteiger partial charge in [-0.05, 0) is 19.8 Å². The van der Waals surface area contributed by atoms with Crippen molar-refractivity contribution in [1.29, 1.82) is 0 Å². The molecule has 0 atom stereocenters. The summed E-state index contributed by atoms with van der Waals surface area (Å²) >= 11 is 7.33. The second kappa shape index (κ2) is 6.20. The summed E-state index contributed by atoms with van der Waals surface area (Å²) in [5.41, 5.74) is 0.142. The van der Waals surface area contributed by atoms with Crippen molar-refractivity contribution in [3.8, 4) is 0 Å². The van der Waals surface area contributed by atoms with Gasteiger partial charge in [-0.25, -0.2) is 4.98 Å². The fourth-order valence-corrected chi connectivity index (χ4v) is 3.16. The van der Waals surface area contributed by atoms with Gasteiger partial charge in [0.2, 0.25) is 5.91 Å². The zero-order chi connectivity index (χ0) is 13.9. The third-order valence-corrected chi connectivity index (χ3v) is 4.52. The number of carbonyl (C=O) groups is 1. The molecule has 0 saturated heterocycles. The molecule has 6 heteroatoms. The third-order valence-electron chi connectivity index (χ3n) is 3.40. The lowest BCUT2D eigenvalue weighted by Crippen LogP contribution is -2.37. The molecule has 0 aliphatic heterocycles. The van der Waals surface area contributed by atoms with Gasteiger partial charge in [-0.3, -0.25) is 4.79 Å². The summed E-state index contributed by atoms with van der Waals surface area (Å²) in [6.45, 7) is 3.98. The van der Waals surface area contributed by atoms with Crippen molar-refractivity contribution in [3.63, 3.8) is 0 Å². The van der Waals surface area contributed by atoms with Crippen LogP contribution in [-0.4, -0.2) is 41.9 Å². The highest BCUT2D eigenvalue weighted by molar-refractivity contribution is 7.11. The minimum Gasteiger partial charge on any atom is -0.384 e. The van der Waals surface area contributed by atoms with Gasteiger partial charge in [0, 0.05) is 30.1 Å². The van der Waals surface area contributed by atoms with Crippen LogP contribution in [0.25, 0.3) is 0 Å². The minimum atomic E-state index is -0.0307.